The molecule has 0 radical (unpaired) electrons. The van der Waals surface area contributed by atoms with Gasteiger partial charge in [-0.2, -0.15) is 0 Å². The second-order valence-corrected chi connectivity index (χ2v) is 22.0. The van der Waals surface area contributed by atoms with E-state index in [1.807, 2.05) is 0 Å². The Morgan fingerprint density at radius 1 is 0.588 bits per heavy atom. The average Bonchev–Trinajstić information content (AvgIpc) is 2.58. The van der Waals surface area contributed by atoms with Crippen molar-refractivity contribution in [3.63, 3.8) is 0 Å². The van der Waals surface area contributed by atoms with Crippen LogP contribution < -0.4 is 15.3 Å². The van der Waals surface area contributed by atoms with E-state index >= 15 is 0 Å². The van der Waals surface area contributed by atoms with Crippen LogP contribution in [0, 0.1) is 0 Å². The molecule has 0 spiro atoms. The van der Waals surface area contributed by atoms with Gasteiger partial charge in [-0.05, 0) is 43.4 Å². The molecule has 0 aromatic heterocycles. The predicted octanol–water partition coefficient (Wildman–Crippen LogP) is 9.53. The third kappa shape index (κ3) is 5.00. The SMILES string of the molecule is CC1(C)c2ccccc2Oc2ccc(P(C(C)(C)C)C(C)(C)C)c(P(C(C)(C)C)C(C)(C)C)c21. The van der Waals surface area contributed by atoms with Gasteiger partial charge in [0, 0.05) is 16.5 Å². The molecule has 0 atom stereocenters. The van der Waals surface area contributed by atoms with Crippen LogP contribution in [0.25, 0.3) is 0 Å². The second-order valence-electron chi connectivity index (χ2n) is 14.4. The fraction of sp³-hybridized carbons (Fsp3) is 0.613. The van der Waals surface area contributed by atoms with Gasteiger partial charge < -0.3 is 4.74 Å². The summed E-state index contributed by atoms with van der Waals surface area (Å²) in [6.07, 6.45) is 0. The summed E-state index contributed by atoms with van der Waals surface area (Å²) in [6, 6.07) is 13.4. The number of rotatable bonds is 2. The van der Waals surface area contributed by atoms with Gasteiger partial charge in [0.2, 0.25) is 0 Å². The van der Waals surface area contributed by atoms with Crippen molar-refractivity contribution < 1.29 is 4.74 Å². The van der Waals surface area contributed by atoms with Crippen molar-refractivity contribution in [3.8, 4) is 11.5 Å². The molecule has 1 nitrogen and oxygen atoms in total. The monoisotopic (exact) mass is 498 g/mol. The van der Waals surface area contributed by atoms with Crippen molar-refractivity contribution >= 4 is 26.5 Å². The molecule has 2 aromatic rings. The summed E-state index contributed by atoms with van der Waals surface area (Å²) in [5.74, 6) is 2.06. The lowest BCUT2D eigenvalue weighted by molar-refractivity contribution is 0.420. The van der Waals surface area contributed by atoms with E-state index < -0.39 is 15.8 Å². The Morgan fingerprint density at radius 3 is 1.53 bits per heavy atom. The Labute approximate surface area is 213 Å². The molecule has 3 heteroatoms. The molecule has 0 bridgehead atoms. The van der Waals surface area contributed by atoms with Gasteiger partial charge in [0.25, 0.3) is 0 Å². The molecule has 0 unspecified atom stereocenters. The Bertz CT molecular complexity index is 1020. The normalized spacial score (nSPS) is 16.4. The number of benzene rings is 2. The van der Waals surface area contributed by atoms with Crippen LogP contribution in [0.1, 0.15) is 108 Å². The minimum absolute atomic E-state index is 0.122. The van der Waals surface area contributed by atoms with E-state index in [9.17, 15) is 0 Å². The van der Waals surface area contributed by atoms with E-state index in [0.29, 0.717) is 0 Å². The molecule has 1 aliphatic rings. The first-order chi connectivity index (χ1) is 15.2. The molecule has 0 aliphatic carbocycles. The Balaban J connectivity index is 2.53. The van der Waals surface area contributed by atoms with Crippen molar-refractivity contribution in [1.29, 1.82) is 0 Å². The molecule has 0 saturated heterocycles. The number of hydrogen-bond donors (Lipinski definition) is 0. The molecule has 0 N–H and O–H groups in total. The Kier molecular flexibility index (Phi) is 7.00. The maximum atomic E-state index is 6.65. The van der Waals surface area contributed by atoms with Crippen molar-refractivity contribution in [2.45, 2.75) is 123 Å². The molecule has 2 aromatic carbocycles. The molecule has 1 aliphatic heterocycles. The molecule has 188 valence electrons. The zero-order valence-corrected chi connectivity index (χ0v) is 26.1. The van der Waals surface area contributed by atoms with Crippen LogP contribution in [0.4, 0.5) is 0 Å². The first-order valence-electron chi connectivity index (χ1n) is 12.7. The number of hydrogen-bond acceptors (Lipinski definition) is 1. The summed E-state index contributed by atoms with van der Waals surface area (Å²) >= 11 is 0. The fourth-order valence-electron chi connectivity index (χ4n) is 6.39. The second kappa shape index (κ2) is 8.60. The van der Waals surface area contributed by atoms with Crippen LogP contribution in [0.5, 0.6) is 11.5 Å². The molecule has 0 saturated carbocycles. The average molecular weight is 499 g/mol. The highest BCUT2D eigenvalue weighted by molar-refractivity contribution is 7.74. The smallest absolute Gasteiger partial charge is 0.132 e. The molecule has 1 heterocycles. The van der Waals surface area contributed by atoms with Crippen molar-refractivity contribution in [3.05, 3.63) is 47.5 Å². The summed E-state index contributed by atoms with van der Waals surface area (Å²) in [5.41, 5.74) is 2.61. The van der Waals surface area contributed by atoms with Crippen molar-refractivity contribution in [1.82, 2.24) is 0 Å². The van der Waals surface area contributed by atoms with E-state index in [4.69, 9.17) is 4.74 Å². The summed E-state index contributed by atoms with van der Waals surface area (Å²) in [5, 5.41) is 3.95. The molecular weight excluding hydrogens is 450 g/mol. The highest BCUT2D eigenvalue weighted by atomic mass is 31.1. The van der Waals surface area contributed by atoms with Crippen molar-refractivity contribution in [2.75, 3.05) is 0 Å². The number of ether oxygens (including phenoxy) is 1. The van der Waals surface area contributed by atoms with Crippen LogP contribution in [-0.2, 0) is 5.41 Å². The van der Waals surface area contributed by atoms with E-state index in [2.05, 4.69) is 133 Å². The zero-order chi connectivity index (χ0) is 26.1. The summed E-state index contributed by atoms with van der Waals surface area (Å²) in [4.78, 5) is 0. The largest absolute Gasteiger partial charge is 0.457 e. The van der Waals surface area contributed by atoms with Crippen LogP contribution in [0.15, 0.2) is 36.4 Å². The van der Waals surface area contributed by atoms with Gasteiger partial charge in [-0.3, -0.25) is 0 Å². The quantitative estimate of drug-likeness (QED) is 0.375. The van der Waals surface area contributed by atoms with Crippen LogP contribution in [-0.4, -0.2) is 20.6 Å². The van der Waals surface area contributed by atoms with E-state index in [-0.39, 0.29) is 26.0 Å². The van der Waals surface area contributed by atoms with Gasteiger partial charge in [-0.25, -0.2) is 0 Å². The standard InChI is InChI=1S/C31H48OP2/c1-27(2,3)33(28(4,5)6)24-20-19-23-25(26(24)34(29(7,8)9)30(10,11)12)31(13,14)21-17-15-16-18-22(21)32-23/h15-20H,1-14H3. The maximum absolute atomic E-state index is 6.65. The minimum Gasteiger partial charge on any atom is -0.457 e. The third-order valence-corrected chi connectivity index (χ3v) is 14.0. The molecular formula is C31H48OP2. The Morgan fingerprint density at radius 2 is 1.06 bits per heavy atom. The van der Waals surface area contributed by atoms with Gasteiger partial charge in [-0.15, -0.1) is 0 Å². The van der Waals surface area contributed by atoms with Gasteiger partial charge in [0.1, 0.15) is 11.5 Å². The van der Waals surface area contributed by atoms with Gasteiger partial charge >= 0.3 is 0 Å². The van der Waals surface area contributed by atoms with Gasteiger partial charge in [0.05, 0.1) is 0 Å². The lowest BCUT2D eigenvalue weighted by atomic mass is 9.76. The van der Waals surface area contributed by atoms with Crippen LogP contribution in [0.3, 0.4) is 0 Å². The van der Waals surface area contributed by atoms with Crippen LogP contribution >= 0.6 is 15.8 Å². The first kappa shape index (κ1) is 27.7. The lowest BCUT2D eigenvalue weighted by Crippen LogP contribution is -2.46. The van der Waals surface area contributed by atoms with E-state index in [1.54, 1.807) is 10.6 Å². The van der Waals surface area contributed by atoms with Crippen molar-refractivity contribution in [2.24, 2.45) is 0 Å². The Hall–Kier alpha value is -0.900. The van der Waals surface area contributed by atoms with Gasteiger partial charge in [0.15, 0.2) is 0 Å². The molecule has 0 fully saturated rings. The summed E-state index contributed by atoms with van der Waals surface area (Å²) in [6.45, 7) is 34.2. The molecule has 0 amide bonds. The highest BCUT2D eigenvalue weighted by Gasteiger charge is 2.47. The van der Waals surface area contributed by atoms with Gasteiger partial charge in [-0.1, -0.05) is 137 Å². The molecule has 34 heavy (non-hydrogen) atoms. The first-order valence-corrected chi connectivity index (χ1v) is 15.4. The lowest BCUT2D eigenvalue weighted by Gasteiger charge is -2.50. The topological polar surface area (TPSA) is 9.23 Å². The maximum Gasteiger partial charge on any atom is 0.132 e. The fourth-order valence-corrected chi connectivity index (χ4v) is 15.3. The van der Waals surface area contributed by atoms with E-state index in [1.165, 1.54) is 11.1 Å². The summed E-state index contributed by atoms with van der Waals surface area (Å²) in [7, 11) is -0.960. The zero-order valence-electron chi connectivity index (χ0n) is 24.3. The number of para-hydroxylation sites is 1. The van der Waals surface area contributed by atoms with Crippen LogP contribution in [0.2, 0.25) is 0 Å². The predicted molar refractivity (Wildman–Crippen MR) is 157 cm³/mol. The molecule has 3 rings (SSSR count). The summed E-state index contributed by atoms with van der Waals surface area (Å²) < 4.78 is 6.65. The third-order valence-electron chi connectivity index (χ3n) is 6.67. The highest BCUT2D eigenvalue weighted by Crippen LogP contribution is 2.65. The van der Waals surface area contributed by atoms with E-state index in [0.717, 1.165) is 11.5 Å². The number of fused-ring (bicyclic) bond motifs is 2. The minimum atomic E-state index is -0.512.